The molecule has 2 heteroatoms. The average Bonchev–Trinajstić information content (AvgIpc) is 1.81. The van der Waals surface area contributed by atoms with E-state index in [1.165, 1.54) is 0 Å². The first-order valence-electron chi connectivity index (χ1n) is 4.22. The Morgan fingerprint density at radius 1 is 1.42 bits per heavy atom. The molecule has 0 aromatic rings. The molecule has 0 fully saturated rings. The molecule has 12 heavy (non-hydrogen) atoms. The van der Waals surface area contributed by atoms with Gasteiger partial charge in [0, 0.05) is 18.5 Å². The second kappa shape index (κ2) is 4.41. The zero-order valence-corrected chi connectivity index (χ0v) is 8.53. The van der Waals surface area contributed by atoms with Crippen molar-refractivity contribution < 1.29 is 4.79 Å². The largest absolute Gasteiger partial charge is 0.308 e. The van der Waals surface area contributed by atoms with Crippen LogP contribution in [0.5, 0.6) is 0 Å². The second-order valence-corrected chi connectivity index (χ2v) is 4.07. The Kier molecular flexibility index (Phi) is 4.18. The average molecular weight is 169 g/mol. The van der Waals surface area contributed by atoms with Crippen molar-refractivity contribution in [1.82, 2.24) is 5.32 Å². The first-order chi connectivity index (χ1) is 5.33. The molecular weight excluding hydrogens is 150 g/mol. The fourth-order valence-electron chi connectivity index (χ4n) is 1.08. The van der Waals surface area contributed by atoms with Gasteiger partial charge in [0.05, 0.1) is 0 Å². The number of ketones is 1. The molecule has 0 unspecified atom stereocenters. The summed E-state index contributed by atoms with van der Waals surface area (Å²) in [7, 11) is 0. The van der Waals surface area contributed by atoms with Gasteiger partial charge < -0.3 is 5.32 Å². The maximum absolute atomic E-state index is 10.8. The Labute approximate surface area is 75.0 Å². The van der Waals surface area contributed by atoms with Gasteiger partial charge in [-0.1, -0.05) is 12.2 Å². The van der Waals surface area contributed by atoms with Gasteiger partial charge in [-0.2, -0.15) is 0 Å². The number of hydrogen-bond donors (Lipinski definition) is 1. The van der Waals surface area contributed by atoms with E-state index in [-0.39, 0.29) is 11.3 Å². The summed E-state index contributed by atoms with van der Waals surface area (Å²) in [5, 5.41) is 3.27. The molecule has 0 rings (SSSR count). The van der Waals surface area contributed by atoms with Crippen LogP contribution in [0.15, 0.2) is 12.2 Å². The van der Waals surface area contributed by atoms with Crippen molar-refractivity contribution in [2.75, 3.05) is 6.54 Å². The lowest BCUT2D eigenvalue weighted by Crippen LogP contribution is -2.41. The van der Waals surface area contributed by atoms with Gasteiger partial charge in [-0.25, -0.2) is 0 Å². The molecule has 0 aliphatic carbocycles. The Morgan fingerprint density at radius 2 is 1.92 bits per heavy atom. The molecule has 0 aliphatic rings. The molecule has 0 spiro atoms. The minimum Gasteiger partial charge on any atom is -0.308 e. The topological polar surface area (TPSA) is 29.1 Å². The summed E-state index contributed by atoms with van der Waals surface area (Å²) in [6.45, 7) is 12.2. The molecule has 0 bridgehead atoms. The maximum Gasteiger partial charge on any atom is 0.131 e. The predicted octanol–water partition coefficient (Wildman–Crippen LogP) is 1.91. The number of rotatable bonds is 5. The number of carbonyl (C=O) groups excluding carboxylic acids is 1. The van der Waals surface area contributed by atoms with E-state index in [2.05, 4.69) is 11.9 Å². The number of Topliss-reactive ketones (excluding diaryl/α,β-unsaturated/α-hetero) is 1. The van der Waals surface area contributed by atoms with Gasteiger partial charge in [0.25, 0.3) is 0 Å². The maximum atomic E-state index is 10.8. The van der Waals surface area contributed by atoms with Crippen LogP contribution in [0.4, 0.5) is 0 Å². The molecule has 0 radical (unpaired) electrons. The van der Waals surface area contributed by atoms with E-state index in [0.29, 0.717) is 6.42 Å². The third kappa shape index (κ3) is 6.10. The van der Waals surface area contributed by atoms with E-state index in [4.69, 9.17) is 0 Å². The van der Waals surface area contributed by atoms with E-state index >= 15 is 0 Å². The summed E-state index contributed by atoms with van der Waals surface area (Å²) in [5.74, 6) is 0.217. The molecule has 0 heterocycles. The molecule has 0 aliphatic heterocycles. The van der Waals surface area contributed by atoms with Crippen LogP contribution in [0.3, 0.4) is 0 Å². The Morgan fingerprint density at radius 3 is 2.25 bits per heavy atom. The molecule has 0 saturated heterocycles. The fraction of sp³-hybridized carbons (Fsp3) is 0.700. The quantitative estimate of drug-likeness (QED) is 0.637. The van der Waals surface area contributed by atoms with Gasteiger partial charge in [0.15, 0.2) is 0 Å². The molecule has 0 atom stereocenters. The van der Waals surface area contributed by atoms with Crippen molar-refractivity contribution in [3.05, 3.63) is 12.2 Å². The molecule has 70 valence electrons. The van der Waals surface area contributed by atoms with Crippen molar-refractivity contribution >= 4 is 5.78 Å². The van der Waals surface area contributed by atoms with Crippen molar-refractivity contribution in [2.24, 2.45) is 0 Å². The van der Waals surface area contributed by atoms with E-state index < -0.39 is 0 Å². The van der Waals surface area contributed by atoms with Crippen molar-refractivity contribution in [2.45, 2.75) is 39.7 Å². The molecule has 1 N–H and O–H groups in total. The minimum atomic E-state index is -0.106. The number of nitrogens with one attached hydrogen (secondary N) is 1. The van der Waals surface area contributed by atoms with E-state index in [1.54, 1.807) is 6.92 Å². The fourth-order valence-corrected chi connectivity index (χ4v) is 1.08. The lowest BCUT2D eigenvalue weighted by atomic mass is 9.98. The molecule has 2 nitrogen and oxygen atoms in total. The zero-order valence-electron chi connectivity index (χ0n) is 8.53. The predicted molar refractivity (Wildman–Crippen MR) is 52.2 cm³/mol. The zero-order chi connectivity index (χ0) is 9.78. The highest BCUT2D eigenvalue weighted by molar-refractivity contribution is 5.76. The molecule has 0 aromatic heterocycles. The van der Waals surface area contributed by atoms with Crippen molar-refractivity contribution in [3.63, 3.8) is 0 Å². The summed E-state index contributed by atoms with van der Waals surface area (Å²) in [4.78, 5) is 10.8. The molecule has 0 amide bonds. The molecule has 0 aromatic carbocycles. The highest BCUT2D eigenvalue weighted by atomic mass is 16.1. The summed E-state index contributed by atoms with van der Waals surface area (Å²) < 4.78 is 0. The molecular formula is C10H19NO. The van der Waals surface area contributed by atoms with Gasteiger partial charge in [-0.05, 0) is 27.7 Å². The van der Waals surface area contributed by atoms with Gasteiger partial charge in [-0.15, -0.1) is 0 Å². The summed E-state index contributed by atoms with van der Waals surface area (Å²) in [6, 6.07) is 0. The summed E-state index contributed by atoms with van der Waals surface area (Å²) in [6.07, 6.45) is 0.570. The smallest absolute Gasteiger partial charge is 0.131 e. The Balaban J connectivity index is 3.86. The second-order valence-electron chi connectivity index (χ2n) is 4.07. The van der Waals surface area contributed by atoms with Crippen LogP contribution in [-0.4, -0.2) is 17.9 Å². The normalized spacial score (nSPS) is 11.3. The number of hydrogen-bond acceptors (Lipinski definition) is 2. The molecule has 0 saturated carbocycles. The third-order valence-corrected chi connectivity index (χ3v) is 1.56. The standard InChI is InChI=1S/C10H19NO/c1-8(2)7-11-10(4,5)6-9(3)12/h11H,1,6-7H2,2-5H3. The minimum absolute atomic E-state index is 0.106. The van der Waals surface area contributed by atoms with Crippen LogP contribution in [0.1, 0.15) is 34.1 Å². The SMILES string of the molecule is C=C(C)CNC(C)(C)CC(C)=O. The highest BCUT2D eigenvalue weighted by Crippen LogP contribution is 2.08. The Hall–Kier alpha value is -0.630. The third-order valence-electron chi connectivity index (χ3n) is 1.56. The van der Waals surface area contributed by atoms with Crippen LogP contribution < -0.4 is 5.32 Å². The van der Waals surface area contributed by atoms with Crippen LogP contribution >= 0.6 is 0 Å². The first kappa shape index (κ1) is 11.4. The van der Waals surface area contributed by atoms with E-state index in [1.807, 2.05) is 20.8 Å². The summed E-state index contributed by atoms with van der Waals surface area (Å²) in [5.41, 5.74) is 0.983. The van der Waals surface area contributed by atoms with Crippen molar-refractivity contribution in [3.8, 4) is 0 Å². The van der Waals surface area contributed by atoms with Crippen LogP contribution in [-0.2, 0) is 4.79 Å². The van der Waals surface area contributed by atoms with Crippen molar-refractivity contribution in [1.29, 1.82) is 0 Å². The lowest BCUT2D eigenvalue weighted by molar-refractivity contribution is -0.118. The van der Waals surface area contributed by atoms with Gasteiger partial charge >= 0.3 is 0 Å². The lowest BCUT2D eigenvalue weighted by Gasteiger charge is -2.25. The highest BCUT2D eigenvalue weighted by Gasteiger charge is 2.18. The van der Waals surface area contributed by atoms with Gasteiger partial charge in [0.2, 0.25) is 0 Å². The van der Waals surface area contributed by atoms with E-state index in [9.17, 15) is 4.79 Å². The first-order valence-corrected chi connectivity index (χ1v) is 4.22. The number of carbonyl (C=O) groups is 1. The van der Waals surface area contributed by atoms with Gasteiger partial charge in [0.1, 0.15) is 5.78 Å². The van der Waals surface area contributed by atoms with E-state index in [0.717, 1.165) is 12.1 Å². The monoisotopic (exact) mass is 169 g/mol. The van der Waals surface area contributed by atoms with Gasteiger partial charge in [-0.3, -0.25) is 4.79 Å². The summed E-state index contributed by atoms with van der Waals surface area (Å²) >= 11 is 0. The van der Waals surface area contributed by atoms with Crippen LogP contribution in [0, 0.1) is 0 Å². The van der Waals surface area contributed by atoms with Crippen LogP contribution in [0.25, 0.3) is 0 Å². The van der Waals surface area contributed by atoms with Crippen LogP contribution in [0.2, 0.25) is 0 Å². The Bertz CT molecular complexity index is 182.